The van der Waals surface area contributed by atoms with Crippen LogP contribution >= 0.6 is 24.0 Å². The van der Waals surface area contributed by atoms with Gasteiger partial charge in [-0.1, -0.05) is 69.1 Å². The summed E-state index contributed by atoms with van der Waals surface area (Å²) in [6, 6.07) is 8.39. The molecular weight excluding hydrogens is 244 g/mol. The molecule has 0 aliphatic heterocycles. The Labute approximate surface area is 114 Å². The van der Waals surface area contributed by atoms with Gasteiger partial charge in [0.2, 0.25) is 0 Å². The van der Waals surface area contributed by atoms with Gasteiger partial charge in [0.25, 0.3) is 0 Å². The smallest absolute Gasteiger partial charge is 0.0735 e. The zero-order valence-electron chi connectivity index (χ0n) is 10.2. The van der Waals surface area contributed by atoms with Crippen molar-refractivity contribution in [3.63, 3.8) is 0 Å². The predicted molar refractivity (Wildman–Crippen MR) is 84.5 cm³/mol. The van der Waals surface area contributed by atoms with Crippen LogP contribution in [0.4, 0.5) is 0 Å². The normalized spacial score (nSPS) is 9.94. The zero-order chi connectivity index (χ0) is 12.7. The molecule has 0 aliphatic carbocycles. The molecule has 0 unspecified atom stereocenters. The Morgan fingerprint density at radius 2 is 2.00 bits per heavy atom. The fraction of sp³-hybridized carbons (Fsp3) is 0.267. The van der Waals surface area contributed by atoms with E-state index in [1.54, 1.807) is 11.8 Å². The molecule has 1 aromatic carbocycles. The Bertz CT molecular complexity index is 401. The average Bonchev–Trinajstić information content (AvgIpc) is 2.36. The van der Waals surface area contributed by atoms with Crippen molar-refractivity contribution in [1.82, 2.24) is 0 Å². The Balaban J connectivity index is 2.47. The predicted octanol–water partition coefficient (Wildman–Crippen LogP) is 5.25. The largest absolute Gasteiger partial charge is 0.110 e. The molecule has 90 valence electrons. The molecule has 0 atom stereocenters. The minimum Gasteiger partial charge on any atom is -0.110 e. The van der Waals surface area contributed by atoms with Crippen molar-refractivity contribution in [2.24, 2.45) is 0 Å². The maximum absolute atomic E-state index is 5.34. The molecular formula is C15H18S2. The van der Waals surface area contributed by atoms with Crippen LogP contribution in [0.2, 0.25) is 0 Å². The summed E-state index contributed by atoms with van der Waals surface area (Å²) in [5, 5.41) is 0. The van der Waals surface area contributed by atoms with E-state index in [2.05, 4.69) is 44.3 Å². The van der Waals surface area contributed by atoms with E-state index >= 15 is 0 Å². The summed E-state index contributed by atoms with van der Waals surface area (Å²) < 4.78 is 0.944. The van der Waals surface area contributed by atoms with Crippen LogP contribution in [0.5, 0.6) is 0 Å². The Hall–Kier alpha value is -0.860. The van der Waals surface area contributed by atoms with Crippen molar-refractivity contribution in [2.75, 3.05) is 0 Å². The molecule has 0 spiro atoms. The maximum atomic E-state index is 5.34. The van der Waals surface area contributed by atoms with Crippen LogP contribution < -0.4 is 0 Å². The molecule has 0 saturated heterocycles. The minimum atomic E-state index is 0.916. The van der Waals surface area contributed by atoms with E-state index in [4.69, 9.17) is 12.2 Å². The van der Waals surface area contributed by atoms with Crippen LogP contribution in [0.15, 0.2) is 43.0 Å². The summed E-state index contributed by atoms with van der Waals surface area (Å²) in [5.41, 5.74) is 3.53. The van der Waals surface area contributed by atoms with Gasteiger partial charge in [-0.15, -0.1) is 11.8 Å². The van der Waals surface area contributed by atoms with Gasteiger partial charge in [-0.05, 0) is 23.1 Å². The zero-order valence-corrected chi connectivity index (χ0v) is 11.9. The van der Waals surface area contributed by atoms with Gasteiger partial charge in [0, 0.05) is 5.75 Å². The second-order valence-corrected chi connectivity index (χ2v) is 5.53. The van der Waals surface area contributed by atoms with Crippen molar-refractivity contribution in [3.05, 3.63) is 54.1 Å². The lowest BCUT2D eigenvalue weighted by molar-refractivity contribution is 0.943. The van der Waals surface area contributed by atoms with Gasteiger partial charge in [-0.3, -0.25) is 0 Å². The highest BCUT2D eigenvalue weighted by atomic mass is 32.2. The number of benzene rings is 1. The number of rotatable bonds is 6. The number of thioether (sulfide) groups is 1. The summed E-state index contributed by atoms with van der Waals surface area (Å²) in [6.07, 6.45) is 3.96. The van der Waals surface area contributed by atoms with E-state index in [1.807, 2.05) is 6.08 Å². The van der Waals surface area contributed by atoms with Gasteiger partial charge in [0.15, 0.2) is 0 Å². The standard InChI is InChI=1S/C15H18S2/c1-4-6-12(3)15(16)17-11-14-9-7-13(5-2)8-10-14/h5,7-10H,2-4,6,11H2,1H3. The highest BCUT2D eigenvalue weighted by Gasteiger charge is 2.03. The van der Waals surface area contributed by atoms with E-state index in [1.165, 1.54) is 5.56 Å². The van der Waals surface area contributed by atoms with E-state index in [-0.39, 0.29) is 0 Å². The lowest BCUT2D eigenvalue weighted by Crippen LogP contribution is -1.94. The molecule has 0 amide bonds. The molecule has 0 saturated carbocycles. The summed E-state index contributed by atoms with van der Waals surface area (Å²) >= 11 is 7.03. The van der Waals surface area contributed by atoms with Crippen LogP contribution in [0.25, 0.3) is 6.08 Å². The topological polar surface area (TPSA) is 0 Å². The molecule has 0 fully saturated rings. The fourth-order valence-corrected chi connectivity index (χ4v) is 2.48. The Morgan fingerprint density at radius 1 is 1.35 bits per heavy atom. The highest BCUT2D eigenvalue weighted by Crippen LogP contribution is 2.20. The van der Waals surface area contributed by atoms with Crippen molar-refractivity contribution in [3.8, 4) is 0 Å². The van der Waals surface area contributed by atoms with Crippen molar-refractivity contribution in [1.29, 1.82) is 0 Å². The second-order valence-electron chi connectivity index (χ2n) is 3.88. The van der Waals surface area contributed by atoms with Crippen LogP contribution in [0, 0.1) is 0 Å². The van der Waals surface area contributed by atoms with Gasteiger partial charge in [0.05, 0.1) is 4.20 Å². The van der Waals surface area contributed by atoms with Gasteiger partial charge in [-0.25, -0.2) is 0 Å². The van der Waals surface area contributed by atoms with Crippen molar-refractivity contribution < 1.29 is 0 Å². The number of thiocarbonyl (C=S) groups is 1. The third-order valence-electron chi connectivity index (χ3n) is 2.43. The second kappa shape index (κ2) is 7.46. The monoisotopic (exact) mass is 262 g/mol. The SMILES string of the molecule is C=Cc1ccc(CSC(=S)C(=C)CCC)cc1. The average molecular weight is 262 g/mol. The molecule has 0 aliphatic rings. The van der Waals surface area contributed by atoms with Crippen LogP contribution in [0.1, 0.15) is 30.9 Å². The molecule has 0 aromatic heterocycles. The van der Waals surface area contributed by atoms with E-state index < -0.39 is 0 Å². The van der Waals surface area contributed by atoms with E-state index in [0.29, 0.717) is 0 Å². The van der Waals surface area contributed by atoms with Crippen molar-refractivity contribution >= 4 is 34.3 Å². The highest BCUT2D eigenvalue weighted by molar-refractivity contribution is 8.23. The molecule has 17 heavy (non-hydrogen) atoms. The third-order valence-corrected chi connectivity index (χ3v) is 4.10. The first-order valence-corrected chi connectivity index (χ1v) is 7.13. The first-order valence-electron chi connectivity index (χ1n) is 5.73. The molecule has 1 rings (SSSR count). The maximum Gasteiger partial charge on any atom is 0.0735 e. The first kappa shape index (κ1) is 14.2. The molecule has 0 heterocycles. The summed E-state index contributed by atoms with van der Waals surface area (Å²) in [7, 11) is 0. The summed E-state index contributed by atoms with van der Waals surface area (Å²) in [4.78, 5) is 0. The van der Waals surface area contributed by atoms with Crippen LogP contribution in [0.3, 0.4) is 0 Å². The summed E-state index contributed by atoms with van der Waals surface area (Å²) in [6.45, 7) is 9.89. The lowest BCUT2D eigenvalue weighted by atomic mass is 10.1. The summed E-state index contributed by atoms with van der Waals surface area (Å²) in [5.74, 6) is 0.916. The molecule has 0 N–H and O–H groups in total. The first-order chi connectivity index (χ1) is 8.17. The Morgan fingerprint density at radius 3 is 2.53 bits per heavy atom. The fourth-order valence-electron chi connectivity index (χ4n) is 1.40. The third kappa shape index (κ3) is 4.88. The molecule has 0 bridgehead atoms. The van der Waals surface area contributed by atoms with Gasteiger partial charge >= 0.3 is 0 Å². The van der Waals surface area contributed by atoms with Crippen LogP contribution in [-0.4, -0.2) is 4.20 Å². The van der Waals surface area contributed by atoms with Gasteiger partial charge in [0.1, 0.15) is 0 Å². The van der Waals surface area contributed by atoms with Crippen molar-refractivity contribution in [2.45, 2.75) is 25.5 Å². The molecule has 0 radical (unpaired) electrons. The molecule has 0 nitrogen and oxygen atoms in total. The quantitative estimate of drug-likeness (QED) is 0.507. The Kier molecular flexibility index (Phi) is 6.23. The molecule has 2 heteroatoms. The van der Waals surface area contributed by atoms with Gasteiger partial charge < -0.3 is 0 Å². The lowest BCUT2D eigenvalue weighted by Gasteiger charge is -2.06. The van der Waals surface area contributed by atoms with E-state index in [0.717, 1.165) is 33.9 Å². The van der Waals surface area contributed by atoms with E-state index in [9.17, 15) is 0 Å². The number of hydrogen-bond donors (Lipinski definition) is 0. The van der Waals surface area contributed by atoms with Crippen LogP contribution in [-0.2, 0) is 5.75 Å². The number of hydrogen-bond acceptors (Lipinski definition) is 2. The minimum absolute atomic E-state index is 0.916. The van der Waals surface area contributed by atoms with Gasteiger partial charge in [-0.2, -0.15) is 0 Å². The molecule has 1 aromatic rings.